The van der Waals surface area contributed by atoms with Crippen molar-refractivity contribution in [1.82, 2.24) is 10.2 Å². The third kappa shape index (κ3) is 5.51. The van der Waals surface area contributed by atoms with Gasteiger partial charge in [-0.25, -0.2) is 4.79 Å². The Morgan fingerprint density at radius 1 is 0.968 bits per heavy atom. The van der Waals surface area contributed by atoms with Gasteiger partial charge in [0, 0.05) is 18.3 Å². The lowest BCUT2D eigenvalue weighted by Gasteiger charge is -2.25. The highest BCUT2D eigenvalue weighted by Gasteiger charge is 2.38. The van der Waals surface area contributed by atoms with Gasteiger partial charge in [0.2, 0.25) is 0 Å². The Balaban J connectivity index is 1.45. The molecular weight excluding hydrogens is 390 g/mol. The highest BCUT2D eigenvalue weighted by Crippen LogP contribution is 2.26. The second kappa shape index (κ2) is 10.2. The molecule has 0 spiro atoms. The first-order valence-corrected chi connectivity index (χ1v) is 11.0. The van der Waals surface area contributed by atoms with Crippen LogP contribution < -0.4 is 10.6 Å². The van der Waals surface area contributed by atoms with E-state index in [0.717, 1.165) is 24.9 Å². The highest BCUT2D eigenvalue weighted by atomic mass is 16.2. The molecule has 2 aromatic carbocycles. The lowest BCUT2D eigenvalue weighted by Crippen LogP contribution is -2.40. The van der Waals surface area contributed by atoms with Gasteiger partial charge in [-0.15, -0.1) is 0 Å². The first-order valence-electron chi connectivity index (χ1n) is 11.0. The molecule has 0 aromatic heterocycles. The quantitative estimate of drug-likeness (QED) is 0.568. The number of imide groups is 1. The molecule has 0 saturated carbocycles. The van der Waals surface area contributed by atoms with E-state index >= 15 is 0 Å². The molecule has 2 atom stereocenters. The number of carbonyl (C=O) groups is 3. The van der Waals surface area contributed by atoms with E-state index in [1.807, 2.05) is 38.1 Å². The summed E-state index contributed by atoms with van der Waals surface area (Å²) < 4.78 is 0. The SMILES string of the molecule is CCCCc1ccc(NC(=O)NC[C@@H](C)C[C@H](C)N2C(=O)c3ccccc3C2=O)cc1. The van der Waals surface area contributed by atoms with Gasteiger partial charge < -0.3 is 10.6 Å². The average molecular weight is 422 g/mol. The number of rotatable bonds is 9. The molecule has 0 radical (unpaired) electrons. The second-order valence-electron chi connectivity index (χ2n) is 8.35. The van der Waals surface area contributed by atoms with Crippen LogP contribution in [0.5, 0.6) is 0 Å². The van der Waals surface area contributed by atoms with Gasteiger partial charge >= 0.3 is 6.03 Å². The molecule has 6 heteroatoms. The summed E-state index contributed by atoms with van der Waals surface area (Å²) in [6.45, 7) is 6.49. The summed E-state index contributed by atoms with van der Waals surface area (Å²) in [5.41, 5.74) is 2.95. The summed E-state index contributed by atoms with van der Waals surface area (Å²) in [5.74, 6) is -0.386. The van der Waals surface area contributed by atoms with Crippen molar-refractivity contribution in [2.75, 3.05) is 11.9 Å². The number of anilines is 1. The number of benzene rings is 2. The summed E-state index contributed by atoms with van der Waals surface area (Å²) >= 11 is 0. The number of carbonyl (C=O) groups excluding carboxylic acids is 3. The van der Waals surface area contributed by atoms with Crippen LogP contribution in [0.4, 0.5) is 10.5 Å². The molecule has 0 bridgehead atoms. The average Bonchev–Trinajstić information content (AvgIpc) is 3.02. The molecule has 3 rings (SSSR count). The van der Waals surface area contributed by atoms with Crippen molar-refractivity contribution >= 4 is 23.5 Å². The Morgan fingerprint density at radius 3 is 2.16 bits per heavy atom. The molecule has 0 saturated heterocycles. The van der Waals surface area contributed by atoms with Crippen molar-refractivity contribution in [3.05, 3.63) is 65.2 Å². The molecule has 1 heterocycles. The van der Waals surface area contributed by atoms with Crippen LogP contribution in [0.2, 0.25) is 0 Å². The predicted molar refractivity (Wildman–Crippen MR) is 122 cm³/mol. The normalized spacial score (nSPS) is 14.9. The molecule has 4 amide bonds. The van der Waals surface area contributed by atoms with Gasteiger partial charge in [0.25, 0.3) is 11.8 Å². The molecule has 0 aliphatic carbocycles. The predicted octanol–water partition coefficient (Wildman–Crippen LogP) is 4.86. The number of nitrogens with one attached hydrogen (secondary N) is 2. The van der Waals surface area contributed by atoms with E-state index in [1.165, 1.54) is 10.5 Å². The molecule has 31 heavy (non-hydrogen) atoms. The van der Waals surface area contributed by atoms with Gasteiger partial charge in [-0.1, -0.05) is 44.5 Å². The summed E-state index contributed by atoms with van der Waals surface area (Å²) in [4.78, 5) is 38.8. The van der Waals surface area contributed by atoms with Crippen molar-refractivity contribution in [3.8, 4) is 0 Å². The molecule has 1 aliphatic heterocycles. The first kappa shape index (κ1) is 22.5. The second-order valence-corrected chi connectivity index (χ2v) is 8.35. The number of urea groups is 1. The van der Waals surface area contributed by atoms with Crippen LogP contribution in [0, 0.1) is 5.92 Å². The maximum absolute atomic E-state index is 12.6. The third-order valence-electron chi connectivity index (χ3n) is 5.65. The number of amides is 4. The van der Waals surface area contributed by atoms with Crippen molar-refractivity contribution < 1.29 is 14.4 Å². The molecular formula is C25H31N3O3. The fourth-order valence-electron chi connectivity index (χ4n) is 3.96. The molecule has 0 fully saturated rings. The topological polar surface area (TPSA) is 78.5 Å². The first-order chi connectivity index (χ1) is 14.9. The number of nitrogens with zero attached hydrogens (tertiary/aromatic N) is 1. The number of fused-ring (bicyclic) bond motifs is 1. The van der Waals surface area contributed by atoms with Gasteiger partial charge in [0.15, 0.2) is 0 Å². The van der Waals surface area contributed by atoms with Crippen LogP contribution in [0.3, 0.4) is 0 Å². The van der Waals surface area contributed by atoms with Crippen molar-refractivity contribution in [1.29, 1.82) is 0 Å². The number of hydrogen-bond acceptors (Lipinski definition) is 3. The van der Waals surface area contributed by atoms with E-state index < -0.39 is 0 Å². The van der Waals surface area contributed by atoms with Crippen LogP contribution >= 0.6 is 0 Å². The van der Waals surface area contributed by atoms with Crippen molar-refractivity contribution in [2.45, 2.75) is 52.5 Å². The minimum absolute atomic E-state index is 0.0986. The van der Waals surface area contributed by atoms with Crippen LogP contribution in [0.15, 0.2) is 48.5 Å². The van der Waals surface area contributed by atoms with Crippen LogP contribution in [0.1, 0.15) is 66.3 Å². The Bertz CT molecular complexity index is 904. The summed E-state index contributed by atoms with van der Waals surface area (Å²) in [5, 5.41) is 5.72. The van der Waals surface area contributed by atoms with E-state index in [2.05, 4.69) is 17.6 Å². The minimum atomic E-state index is -0.262. The Kier molecular flexibility index (Phi) is 7.45. The Morgan fingerprint density at radius 2 is 1.58 bits per heavy atom. The molecule has 164 valence electrons. The van der Waals surface area contributed by atoms with Crippen molar-refractivity contribution in [3.63, 3.8) is 0 Å². The summed E-state index contributed by atoms with van der Waals surface area (Å²) in [6.07, 6.45) is 3.97. The van der Waals surface area contributed by atoms with Gasteiger partial charge in [-0.05, 0) is 61.9 Å². The summed E-state index contributed by atoms with van der Waals surface area (Å²) in [7, 11) is 0. The zero-order valence-corrected chi connectivity index (χ0v) is 18.5. The monoisotopic (exact) mass is 421 g/mol. The molecule has 2 N–H and O–H groups in total. The number of unbranched alkanes of at least 4 members (excludes halogenated alkanes) is 1. The molecule has 2 aromatic rings. The van der Waals surface area contributed by atoms with E-state index in [0.29, 0.717) is 24.1 Å². The van der Waals surface area contributed by atoms with Crippen LogP contribution in [-0.4, -0.2) is 35.3 Å². The van der Waals surface area contributed by atoms with Crippen molar-refractivity contribution in [2.24, 2.45) is 5.92 Å². The third-order valence-corrected chi connectivity index (χ3v) is 5.65. The van der Waals surface area contributed by atoms with E-state index in [4.69, 9.17) is 0 Å². The molecule has 6 nitrogen and oxygen atoms in total. The van der Waals surface area contributed by atoms with Crippen LogP contribution in [-0.2, 0) is 6.42 Å². The van der Waals surface area contributed by atoms with Crippen LogP contribution in [0.25, 0.3) is 0 Å². The van der Waals surface area contributed by atoms with Gasteiger partial charge in [0.05, 0.1) is 11.1 Å². The zero-order chi connectivity index (χ0) is 22.4. The fourth-order valence-corrected chi connectivity index (χ4v) is 3.96. The maximum Gasteiger partial charge on any atom is 0.319 e. The summed E-state index contributed by atoms with van der Waals surface area (Å²) in [6, 6.07) is 14.3. The fraction of sp³-hybridized carbons (Fsp3) is 0.400. The minimum Gasteiger partial charge on any atom is -0.338 e. The van der Waals surface area contributed by atoms with E-state index in [1.54, 1.807) is 24.3 Å². The Labute approximate surface area is 184 Å². The number of aryl methyl sites for hydroxylation is 1. The lowest BCUT2D eigenvalue weighted by atomic mass is 10.0. The zero-order valence-electron chi connectivity index (χ0n) is 18.5. The van der Waals surface area contributed by atoms with Gasteiger partial charge in [-0.2, -0.15) is 0 Å². The van der Waals surface area contributed by atoms with Gasteiger partial charge in [0.1, 0.15) is 0 Å². The maximum atomic E-state index is 12.6. The standard InChI is InChI=1S/C25H31N3O3/c1-4-5-8-19-11-13-20(14-12-19)27-25(31)26-16-17(2)15-18(3)28-23(29)21-9-6-7-10-22(21)24(28)30/h6-7,9-14,17-18H,4-5,8,15-16H2,1-3H3,(H2,26,27,31)/t17-,18-/m0/s1. The largest absolute Gasteiger partial charge is 0.338 e. The van der Waals surface area contributed by atoms with E-state index in [9.17, 15) is 14.4 Å². The molecule has 0 unspecified atom stereocenters. The molecule has 1 aliphatic rings. The number of hydrogen-bond donors (Lipinski definition) is 2. The van der Waals surface area contributed by atoms with Gasteiger partial charge in [-0.3, -0.25) is 14.5 Å². The Hall–Kier alpha value is -3.15. The highest BCUT2D eigenvalue weighted by molar-refractivity contribution is 6.21. The smallest absolute Gasteiger partial charge is 0.319 e. The lowest BCUT2D eigenvalue weighted by molar-refractivity contribution is 0.0579. The van der Waals surface area contributed by atoms with E-state index in [-0.39, 0.29) is 29.8 Å².